The summed E-state index contributed by atoms with van der Waals surface area (Å²) < 4.78 is 6.31. The molecule has 3 rings (SSSR count). The number of primary amides is 1. The van der Waals surface area contributed by atoms with Gasteiger partial charge in [0.25, 0.3) is 5.56 Å². The fraction of sp³-hybridized carbons (Fsp3) is 0.0667. The minimum absolute atomic E-state index is 0.155. The molecule has 2 heterocycles. The number of aromatic amines is 1. The van der Waals surface area contributed by atoms with Crippen molar-refractivity contribution in [1.82, 2.24) is 14.8 Å². The summed E-state index contributed by atoms with van der Waals surface area (Å²) in [7, 11) is 1.25. The van der Waals surface area contributed by atoms with Crippen molar-refractivity contribution < 1.29 is 14.3 Å². The van der Waals surface area contributed by atoms with Gasteiger partial charge in [0.2, 0.25) is 5.91 Å². The number of carbonyl (C=O) groups excluding carboxylic acids is 2. The normalized spacial score (nSPS) is 10.7. The van der Waals surface area contributed by atoms with Gasteiger partial charge >= 0.3 is 5.97 Å². The van der Waals surface area contributed by atoms with Gasteiger partial charge in [0, 0.05) is 23.6 Å². The maximum Gasteiger partial charge on any atom is 0.341 e. The summed E-state index contributed by atoms with van der Waals surface area (Å²) in [5.74, 6) is -1.14. The van der Waals surface area contributed by atoms with Crippen LogP contribution in [0.15, 0.2) is 41.5 Å². The SMILES string of the molecule is COC(=O)c1cn(-c2ccc(C(N)=O)cc2)cc2c(=O)[nH]nc1-2. The summed E-state index contributed by atoms with van der Waals surface area (Å²) in [6, 6.07) is 6.41. The van der Waals surface area contributed by atoms with Crippen molar-refractivity contribution in [2.45, 2.75) is 0 Å². The van der Waals surface area contributed by atoms with Gasteiger partial charge in [0.05, 0.1) is 12.7 Å². The van der Waals surface area contributed by atoms with Gasteiger partial charge in [-0.05, 0) is 24.3 Å². The van der Waals surface area contributed by atoms with E-state index in [9.17, 15) is 14.4 Å². The highest BCUT2D eigenvalue weighted by molar-refractivity contribution is 5.96. The van der Waals surface area contributed by atoms with Gasteiger partial charge in [-0.15, -0.1) is 0 Å². The fourth-order valence-corrected chi connectivity index (χ4v) is 2.24. The number of pyridine rings is 1. The molecule has 2 aliphatic heterocycles. The molecular weight excluding hydrogens is 300 g/mol. The lowest BCUT2D eigenvalue weighted by Gasteiger charge is -2.12. The molecule has 2 aliphatic rings. The number of methoxy groups -OCH3 is 1. The zero-order valence-corrected chi connectivity index (χ0v) is 12.1. The van der Waals surface area contributed by atoms with E-state index in [1.54, 1.807) is 35.0 Å². The molecule has 3 N–H and O–H groups in total. The topological polar surface area (TPSA) is 120 Å². The van der Waals surface area contributed by atoms with Gasteiger partial charge in [-0.1, -0.05) is 0 Å². The molecular formula is C15H12N4O4. The molecule has 0 spiro atoms. The first-order chi connectivity index (χ1) is 11.0. The van der Waals surface area contributed by atoms with Crippen LogP contribution in [0.3, 0.4) is 0 Å². The van der Waals surface area contributed by atoms with E-state index in [4.69, 9.17) is 10.5 Å². The monoisotopic (exact) mass is 312 g/mol. The lowest BCUT2D eigenvalue weighted by molar-refractivity contribution is 0.0600. The zero-order chi connectivity index (χ0) is 16.6. The van der Waals surface area contributed by atoms with Crippen LogP contribution in [-0.2, 0) is 4.74 Å². The minimum Gasteiger partial charge on any atom is -0.465 e. The van der Waals surface area contributed by atoms with Gasteiger partial charge in [0.1, 0.15) is 11.3 Å². The Morgan fingerprint density at radius 1 is 1.22 bits per heavy atom. The Balaban J connectivity index is 2.19. The van der Waals surface area contributed by atoms with Crippen LogP contribution in [0, 0.1) is 0 Å². The standard InChI is InChI=1S/C15H12N4O4/c1-23-15(22)11-7-19(6-10-12(11)17-18-14(10)21)9-4-2-8(3-5-9)13(16)20/h2-7H,1H3,(H2,16,20)(H,18,21). The summed E-state index contributed by atoms with van der Waals surface area (Å²) in [4.78, 5) is 34.9. The van der Waals surface area contributed by atoms with Crippen molar-refractivity contribution in [3.8, 4) is 16.9 Å². The Labute approximate surface area is 129 Å². The number of esters is 1. The number of nitrogens with zero attached hydrogens (tertiary/aromatic N) is 2. The Bertz CT molecular complexity index is 923. The number of nitrogens with two attached hydrogens (primary N) is 1. The summed E-state index contributed by atoms with van der Waals surface area (Å²) in [6.45, 7) is 0. The number of rotatable bonds is 3. The number of hydrogen-bond acceptors (Lipinski definition) is 5. The van der Waals surface area contributed by atoms with Crippen molar-refractivity contribution >= 4 is 11.9 Å². The first-order valence-electron chi connectivity index (χ1n) is 6.60. The molecule has 0 unspecified atom stereocenters. The number of aromatic nitrogens is 3. The highest BCUT2D eigenvalue weighted by atomic mass is 16.5. The van der Waals surface area contributed by atoms with Crippen LogP contribution in [0.4, 0.5) is 0 Å². The van der Waals surface area contributed by atoms with Crippen molar-refractivity contribution in [2.24, 2.45) is 5.73 Å². The van der Waals surface area contributed by atoms with Gasteiger partial charge < -0.3 is 15.0 Å². The van der Waals surface area contributed by atoms with Crippen LogP contribution in [0.2, 0.25) is 0 Å². The van der Waals surface area contributed by atoms with Gasteiger partial charge in [-0.2, -0.15) is 5.10 Å². The van der Waals surface area contributed by atoms with E-state index >= 15 is 0 Å². The molecule has 1 aromatic carbocycles. The van der Waals surface area contributed by atoms with Crippen molar-refractivity contribution in [2.75, 3.05) is 7.11 Å². The van der Waals surface area contributed by atoms with Gasteiger partial charge in [-0.3, -0.25) is 9.59 Å². The lowest BCUT2D eigenvalue weighted by atomic mass is 10.1. The molecule has 0 aliphatic carbocycles. The average molecular weight is 312 g/mol. The third-order valence-corrected chi connectivity index (χ3v) is 3.42. The van der Waals surface area contributed by atoms with Gasteiger partial charge in [-0.25, -0.2) is 9.89 Å². The first-order valence-corrected chi connectivity index (χ1v) is 6.60. The molecule has 0 fully saturated rings. The van der Waals surface area contributed by atoms with Crippen LogP contribution in [0.25, 0.3) is 16.9 Å². The molecule has 0 saturated heterocycles. The van der Waals surface area contributed by atoms with Crippen molar-refractivity contribution in [3.63, 3.8) is 0 Å². The van der Waals surface area contributed by atoms with Crippen LogP contribution < -0.4 is 11.3 Å². The minimum atomic E-state index is -0.607. The molecule has 8 nitrogen and oxygen atoms in total. The van der Waals surface area contributed by atoms with E-state index in [0.29, 0.717) is 11.3 Å². The predicted octanol–water partition coefficient (Wildman–Crippen LogP) is 0.551. The van der Waals surface area contributed by atoms with E-state index in [2.05, 4.69) is 10.2 Å². The Kier molecular flexibility index (Phi) is 3.41. The smallest absolute Gasteiger partial charge is 0.341 e. The Hall–Kier alpha value is -3.42. The molecule has 0 aromatic heterocycles. The van der Waals surface area contributed by atoms with Crippen LogP contribution in [0.1, 0.15) is 20.7 Å². The summed E-state index contributed by atoms with van der Waals surface area (Å²) in [5.41, 5.74) is 6.45. The van der Waals surface area contributed by atoms with Crippen molar-refractivity contribution in [3.05, 3.63) is 58.1 Å². The number of fused-ring (bicyclic) bond motifs is 1. The number of benzene rings is 1. The summed E-state index contributed by atoms with van der Waals surface area (Å²) in [6.07, 6.45) is 3.06. The molecule has 116 valence electrons. The van der Waals surface area contributed by atoms with E-state index in [-0.39, 0.29) is 16.8 Å². The zero-order valence-electron chi connectivity index (χ0n) is 12.1. The second kappa shape index (κ2) is 5.41. The maximum atomic E-state index is 11.9. The van der Waals surface area contributed by atoms with E-state index in [0.717, 1.165) is 0 Å². The Morgan fingerprint density at radius 3 is 2.52 bits per heavy atom. The fourth-order valence-electron chi connectivity index (χ4n) is 2.24. The maximum absolute atomic E-state index is 11.9. The van der Waals surface area contributed by atoms with Crippen LogP contribution >= 0.6 is 0 Å². The average Bonchev–Trinajstić information content (AvgIpc) is 2.94. The summed E-state index contributed by atoms with van der Waals surface area (Å²) in [5, 5.41) is 6.16. The number of H-pyrrole nitrogens is 1. The summed E-state index contributed by atoms with van der Waals surface area (Å²) >= 11 is 0. The lowest BCUT2D eigenvalue weighted by Crippen LogP contribution is -2.12. The third kappa shape index (κ3) is 2.46. The Morgan fingerprint density at radius 2 is 1.91 bits per heavy atom. The third-order valence-electron chi connectivity index (χ3n) is 3.42. The molecule has 0 saturated carbocycles. The molecule has 23 heavy (non-hydrogen) atoms. The van der Waals surface area contributed by atoms with Crippen LogP contribution in [-0.4, -0.2) is 33.8 Å². The number of ether oxygens (including phenoxy) is 1. The highest BCUT2D eigenvalue weighted by Gasteiger charge is 2.22. The number of carbonyl (C=O) groups is 2. The van der Waals surface area contributed by atoms with Crippen LogP contribution in [0.5, 0.6) is 0 Å². The predicted molar refractivity (Wildman–Crippen MR) is 80.7 cm³/mol. The van der Waals surface area contributed by atoms with Crippen molar-refractivity contribution in [1.29, 1.82) is 0 Å². The van der Waals surface area contributed by atoms with E-state index in [1.165, 1.54) is 13.3 Å². The quantitative estimate of drug-likeness (QED) is 0.684. The second-order valence-electron chi connectivity index (χ2n) is 4.80. The largest absolute Gasteiger partial charge is 0.465 e. The van der Waals surface area contributed by atoms with Gasteiger partial charge in [0.15, 0.2) is 0 Å². The van der Waals surface area contributed by atoms with E-state index < -0.39 is 17.4 Å². The molecule has 0 bridgehead atoms. The van der Waals surface area contributed by atoms with E-state index in [1.807, 2.05) is 0 Å². The molecule has 0 radical (unpaired) electrons. The molecule has 1 aromatic rings. The highest BCUT2D eigenvalue weighted by Crippen LogP contribution is 2.23. The second-order valence-corrected chi connectivity index (χ2v) is 4.80. The first kappa shape index (κ1) is 14.5. The number of nitrogens with one attached hydrogen (secondary N) is 1. The molecule has 8 heteroatoms. The molecule has 0 atom stereocenters. The molecule has 1 amide bonds. The number of amides is 1. The number of hydrogen-bond donors (Lipinski definition) is 2.